The Hall–Kier alpha value is -2.66. The predicted octanol–water partition coefficient (Wildman–Crippen LogP) is 2.86. The van der Waals surface area contributed by atoms with Crippen LogP contribution in [0.5, 0.6) is 0 Å². The lowest BCUT2D eigenvalue weighted by molar-refractivity contribution is -0.125. The van der Waals surface area contributed by atoms with Crippen LogP contribution in [0.3, 0.4) is 0 Å². The van der Waals surface area contributed by atoms with Gasteiger partial charge in [-0.05, 0) is 55.5 Å². The number of amides is 2. The molecule has 2 aromatic rings. The first-order valence-corrected chi connectivity index (χ1v) is 10.1. The van der Waals surface area contributed by atoms with Gasteiger partial charge in [0.15, 0.2) is 0 Å². The van der Waals surface area contributed by atoms with E-state index in [1.807, 2.05) is 42.5 Å². The molecule has 2 aliphatic rings. The van der Waals surface area contributed by atoms with Gasteiger partial charge in [0.2, 0.25) is 5.91 Å². The van der Waals surface area contributed by atoms with Crippen LogP contribution in [0.1, 0.15) is 47.2 Å². The lowest BCUT2D eigenvalue weighted by atomic mass is 10.1. The first-order chi connectivity index (χ1) is 13.7. The summed E-state index contributed by atoms with van der Waals surface area (Å²) < 4.78 is 0. The highest BCUT2D eigenvalue weighted by Gasteiger charge is 2.30. The van der Waals surface area contributed by atoms with E-state index in [0.29, 0.717) is 18.2 Å². The Bertz CT molecular complexity index is 816. The molecule has 1 saturated carbocycles. The molecular weight excluding hydrogens is 350 g/mol. The van der Waals surface area contributed by atoms with Gasteiger partial charge in [-0.3, -0.25) is 14.5 Å². The van der Waals surface area contributed by atoms with Crippen molar-refractivity contribution < 1.29 is 9.59 Å². The van der Waals surface area contributed by atoms with Crippen molar-refractivity contribution in [1.29, 1.82) is 0 Å². The van der Waals surface area contributed by atoms with E-state index in [4.69, 9.17) is 0 Å². The summed E-state index contributed by atoms with van der Waals surface area (Å²) in [4.78, 5) is 27.0. The molecule has 146 valence electrons. The molecule has 2 N–H and O–H groups in total. The number of carbonyl (C=O) groups excluding carboxylic acids is 2. The predicted molar refractivity (Wildman–Crippen MR) is 109 cm³/mol. The van der Waals surface area contributed by atoms with Gasteiger partial charge in [-0.2, -0.15) is 0 Å². The number of carbonyl (C=O) groups is 2. The van der Waals surface area contributed by atoms with Crippen molar-refractivity contribution >= 4 is 11.8 Å². The second-order valence-corrected chi connectivity index (χ2v) is 7.78. The van der Waals surface area contributed by atoms with Crippen molar-refractivity contribution in [3.05, 3.63) is 71.3 Å². The van der Waals surface area contributed by atoms with Crippen LogP contribution in [0.2, 0.25) is 0 Å². The number of hydrogen-bond donors (Lipinski definition) is 2. The molecule has 2 amide bonds. The van der Waals surface area contributed by atoms with Crippen LogP contribution in [0.15, 0.2) is 54.6 Å². The average molecular weight is 377 g/mol. The zero-order valence-corrected chi connectivity index (χ0v) is 16.1. The quantitative estimate of drug-likeness (QED) is 0.780. The third-order valence-electron chi connectivity index (χ3n) is 5.49. The summed E-state index contributed by atoms with van der Waals surface area (Å²) in [6.07, 6.45) is 4.12. The molecule has 2 fully saturated rings. The van der Waals surface area contributed by atoms with Crippen molar-refractivity contribution in [2.24, 2.45) is 0 Å². The molecule has 0 radical (unpaired) electrons. The highest BCUT2D eigenvalue weighted by atomic mass is 16.2. The number of rotatable bonds is 7. The smallest absolute Gasteiger partial charge is 0.251 e. The Morgan fingerprint density at radius 1 is 0.929 bits per heavy atom. The maximum atomic E-state index is 12.7. The average Bonchev–Trinajstić information content (AvgIpc) is 3.42. The zero-order chi connectivity index (χ0) is 19.3. The summed E-state index contributed by atoms with van der Waals surface area (Å²) in [5, 5.41) is 6.05. The van der Waals surface area contributed by atoms with Crippen molar-refractivity contribution in [3.8, 4) is 0 Å². The molecule has 1 atom stereocenters. The molecule has 2 aromatic carbocycles. The minimum Gasteiger partial charge on any atom is -0.351 e. The van der Waals surface area contributed by atoms with Crippen LogP contribution in [0, 0.1) is 0 Å². The normalized spacial score (nSPS) is 19.4. The molecule has 0 spiro atoms. The minimum absolute atomic E-state index is 0.0133. The Labute approximate surface area is 166 Å². The van der Waals surface area contributed by atoms with E-state index in [1.54, 1.807) is 0 Å². The van der Waals surface area contributed by atoms with Crippen LogP contribution in [0.4, 0.5) is 0 Å². The summed E-state index contributed by atoms with van der Waals surface area (Å²) >= 11 is 0. The van der Waals surface area contributed by atoms with Gasteiger partial charge in [0.05, 0.1) is 6.04 Å². The molecule has 4 rings (SSSR count). The van der Waals surface area contributed by atoms with E-state index in [9.17, 15) is 9.59 Å². The van der Waals surface area contributed by atoms with Gasteiger partial charge in [0.25, 0.3) is 5.91 Å². The van der Waals surface area contributed by atoms with Crippen LogP contribution < -0.4 is 10.6 Å². The largest absolute Gasteiger partial charge is 0.351 e. The number of hydrogen-bond acceptors (Lipinski definition) is 3. The van der Waals surface area contributed by atoms with E-state index in [2.05, 4.69) is 27.7 Å². The van der Waals surface area contributed by atoms with E-state index in [-0.39, 0.29) is 17.9 Å². The first-order valence-electron chi connectivity index (χ1n) is 10.1. The van der Waals surface area contributed by atoms with Crippen molar-refractivity contribution in [2.75, 3.05) is 6.54 Å². The molecule has 1 unspecified atom stereocenters. The maximum absolute atomic E-state index is 12.7. The topological polar surface area (TPSA) is 61.4 Å². The Morgan fingerprint density at radius 3 is 2.39 bits per heavy atom. The standard InChI is InChI=1S/C23H27N3O2/c27-22(25-20-12-13-20)19-10-8-17(9-11-19)15-24-23(28)21-7-4-14-26(21)16-18-5-2-1-3-6-18/h1-3,5-6,8-11,20-21H,4,7,12-16H2,(H,24,28)(H,25,27). The van der Waals surface area contributed by atoms with Gasteiger partial charge in [0, 0.05) is 24.7 Å². The second-order valence-electron chi connectivity index (χ2n) is 7.78. The molecule has 0 bridgehead atoms. The Balaban J connectivity index is 1.29. The monoisotopic (exact) mass is 377 g/mol. The summed E-state index contributed by atoms with van der Waals surface area (Å²) in [5.74, 6) is 0.0737. The fourth-order valence-corrected chi connectivity index (χ4v) is 3.71. The highest BCUT2D eigenvalue weighted by Crippen LogP contribution is 2.21. The summed E-state index contributed by atoms with van der Waals surface area (Å²) in [6, 6.07) is 18.1. The van der Waals surface area contributed by atoms with Gasteiger partial charge >= 0.3 is 0 Å². The number of likely N-dealkylation sites (tertiary alicyclic amines) is 1. The lowest BCUT2D eigenvalue weighted by Crippen LogP contribution is -2.42. The zero-order valence-electron chi connectivity index (χ0n) is 16.1. The van der Waals surface area contributed by atoms with Gasteiger partial charge in [0.1, 0.15) is 0 Å². The summed E-state index contributed by atoms with van der Waals surface area (Å²) in [6.45, 7) is 2.25. The van der Waals surface area contributed by atoms with Gasteiger partial charge in [-0.1, -0.05) is 42.5 Å². The molecule has 1 aliphatic heterocycles. The fourth-order valence-electron chi connectivity index (χ4n) is 3.71. The van der Waals surface area contributed by atoms with Crippen LogP contribution in [0.25, 0.3) is 0 Å². The van der Waals surface area contributed by atoms with Crippen LogP contribution in [-0.2, 0) is 17.9 Å². The lowest BCUT2D eigenvalue weighted by Gasteiger charge is -2.23. The molecule has 1 heterocycles. The fraction of sp³-hybridized carbons (Fsp3) is 0.391. The van der Waals surface area contributed by atoms with Crippen molar-refractivity contribution in [1.82, 2.24) is 15.5 Å². The van der Waals surface area contributed by atoms with Gasteiger partial charge in [-0.25, -0.2) is 0 Å². The molecule has 1 aliphatic carbocycles. The Morgan fingerprint density at radius 2 is 1.68 bits per heavy atom. The molecular formula is C23H27N3O2. The summed E-state index contributed by atoms with van der Waals surface area (Å²) in [5.41, 5.74) is 2.91. The molecule has 28 heavy (non-hydrogen) atoms. The number of nitrogens with zero attached hydrogens (tertiary/aromatic N) is 1. The molecule has 5 heteroatoms. The SMILES string of the molecule is O=C(NC1CC1)c1ccc(CNC(=O)C2CCCN2Cc2ccccc2)cc1. The van der Waals surface area contributed by atoms with E-state index in [1.165, 1.54) is 5.56 Å². The highest BCUT2D eigenvalue weighted by molar-refractivity contribution is 5.94. The van der Waals surface area contributed by atoms with Gasteiger partial charge in [-0.15, -0.1) is 0 Å². The Kier molecular flexibility index (Phi) is 5.72. The number of benzene rings is 2. The van der Waals surface area contributed by atoms with E-state index >= 15 is 0 Å². The number of nitrogens with one attached hydrogen (secondary N) is 2. The van der Waals surface area contributed by atoms with E-state index < -0.39 is 0 Å². The third kappa shape index (κ3) is 4.78. The third-order valence-corrected chi connectivity index (χ3v) is 5.49. The molecule has 5 nitrogen and oxygen atoms in total. The van der Waals surface area contributed by atoms with E-state index in [0.717, 1.165) is 44.3 Å². The first kappa shape index (κ1) is 18.7. The van der Waals surface area contributed by atoms with Gasteiger partial charge < -0.3 is 10.6 Å². The summed E-state index contributed by atoms with van der Waals surface area (Å²) in [7, 11) is 0. The maximum Gasteiger partial charge on any atom is 0.251 e. The van der Waals surface area contributed by atoms with Crippen molar-refractivity contribution in [2.45, 2.75) is 50.9 Å². The minimum atomic E-state index is -0.0659. The van der Waals surface area contributed by atoms with Crippen LogP contribution >= 0.6 is 0 Å². The van der Waals surface area contributed by atoms with Crippen LogP contribution in [-0.4, -0.2) is 35.3 Å². The molecule has 0 aromatic heterocycles. The second kappa shape index (κ2) is 8.57. The van der Waals surface area contributed by atoms with Crippen molar-refractivity contribution in [3.63, 3.8) is 0 Å². The molecule has 1 saturated heterocycles.